The predicted molar refractivity (Wildman–Crippen MR) is 80.2 cm³/mol. The van der Waals surface area contributed by atoms with Crippen molar-refractivity contribution in [3.8, 4) is 0 Å². The van der Waals surface area contributed by atoms with Gasteiger partial charge in [0.15, 0.2) is 0 Å². The second-order valence-electron chi connectivity index (χ2n) is 8.83. The Labute approximate surface area is 122 Å². The van der Waals surface area contributed by atoms with Gasteiger partial charge in [0.1, 0.15) is 0 Å². The number of nitrogens with zero attached hydrogens (tertiary/aromatic N) is 2. The van der Waals surface area contributed by atoms with Gasteiger partial charge in [-0.3, -0.25) is 0 Å². The normalized spacial score (nSPS) is 47.7. The molecule has 0 amide bonds. The molecule has 5 rings (SSSR count). The fourth-order valence-electron chi connectivity index (χ4n) is 6.69. The van der Waals surface area contributed by atoms with Gasteiger partial charge in [0.2, 0.25) is 0 Å². The van der Waals surface area contributed by atoms with Gasteiger partial charge in [-0.15, -0.1) is 0 Å². The van der Waals surface area contributed by atoms with E-state index in [1.807, 2.05) is 6.20 Å². The minimum Gasteiger partial charge on any atom is -0.327 e. The van der Waals surface area contributed by atoms with E-state index >= 15 is 0 Å². The lowest BCUT2D eigenvalue weighted by Crippen LogP contribution is -2.59. The summed E-state index contributed by atoms with van der Waals surface area (Å²) in [7, 11) is 0. The van der Waals surface area contributed by atoms with Crippen molar-refractivity contribution in [2.75, 3.05) is 0 Å². The zero-order valence-electron chi connectivity index (χ0n) is 13.0. The van der Waals surface area contributed by atoms with Crippen molar-refractivity contribution in [2.24, 2.45) is 22.5 Å². The maximum absolute atomic E-state index is 6.18. The third-order valence-corrected chi connectivity index (χ3v) is 6.24. The van der Waals surface area contributed by atoms with Crippen LogP contribution in [0.15, 0.2) is 12.5 Å². The highest BCUT2D eigenvalue weighted by molar-refractivity contribution is 5.17. The number of hydrogen-bond donors (Lipinski definition) is 1. The van der Waals surface area contributed by atoms with Crippen molar-refractivity contribution in [1.29, 1.82) is 0 Å². The average Bonchev–Trinajstić information content (AvgIpc) is 2.72. The molecule has 1 aromatic rings. The summed E-state index contributed by atoms with van der Waals surface area (Å²) >= 11 is 0. The summed E-state index contributed by atoms with van der Waals surface area (Å²) in [5, 5.41) is 0. The molecule has 1 heterocycles. The Balaban J connectivity index is 1.83. The molecule has 3 heteroatoms. The summed E-state index contributed by atoms with van der Waals surface area (Å²) in [6, 6.07) is 0.0751. The smallest absolute Gasteiger partial charge is 0.0953 e. The monoisotopic (exact) mass is 273 g/mol. The Bertz CT molecular complexity index is 526. The standard InChI is InChI=1S/C17H27N3/c1-12(18)14-7-19-11-20(14)17-6-13-4-15(2,9-17)8-16(3,5-13)10-17/h7,11-13H,4-6,8-10,18H2,1-3H3/t12-,13?,15?,16?,17?/m1/s1. The first kappa shape index (κ1) is 12.9. The minimum absolute atomic E-state index is 0.0751. The third kappa shape index (κ3) is 1.65. The van der Waals surface area contributed by atoms with Crippen molar-refractivity contribution in [1.82, 2.24) is 9.55 Å². The topological polar surface area (TPSA) is 43.8 Å². The molecular formula is C17H27N3. The van der Waals surface area contributed by atoms with E-state index in [2.05, 4.69) is 36.6 Å². The molecule has 0 radical (unpaired) electrons. The van der Waals surface area contributed by atoms with Gasteiger partial charge in [-0.25, -0.2) is 4.98 Å². The van der Waals surface area contributed by atoms with E-state index in [1.165, 1.54) is 44.2 Å². The molecule has 4 aliphatic carbocycles. The lowest BCUT2D eigenvalue weighted by molar-refractivity contribution is -0.136. The van der Waals surface area contributed by atoms with Gasteiger partial charge >= 0.3 is 0 Å². The molecule has 0 saturated heterocycles. The molecule has 0 aromatic carbocycles. The van der Waals surface area contributed by atoms with E-state index in [0.29, 0.717) is 16.4 Å². The van der Waals surface area contributed by atoms with E-state index in [4.69, 9.17) is 5.73 Å². The number of hydrogen-bond acceptors (Lipinski definition) is 2. The maximum Gasteiger partial charge on any atom is 0.0953 e. The largest absolute Gasteiger partial charge is 0.327 e. The average molecular weight is 273 g/mol. The fraction of sp³-hybridized carbons (Fsp3) is 0.824. The molecule has 0 aliphatic heterocycles. The van der Waals surface area contributed by atoms with Crippen molar-refractivity contribution < 1.29 is 0 Å². The second-order valence-corrected chi connectivity index (χ2v) is 8.83. The second kappa shape index (κ2) is 3.68. The van der Waals surface area contributed by atoms with Gasteiger partial charge in [-0.1, -0.05) is 13.8 Å². The first-order chi connectivity index (χ1) is 9.33. The number of nitrogens with two attached hydrogens (primary N) is 1. The van der Waals surface area contributed by atoms with Gasteiger partial charge in [0, 0.05) is 17.8 Å². The van der Waals surface area contributed by atoms with E-state index in [1.54, 1.807) is 0 Å². The van der Waals surface area contributed by atoms with Gasteiger partial charge in [-0.05, 0) is 62.2 Å². The minimum atomic E-state index is 0.0751. The van der Waals surface area contributed by atoms with Crippen LogP contribution < -0.4 is 5.73 Å². The molecule has 110 valence electrons. The van der Waals surface area contributed by atoms with Crippen LogP contribution in [0.5, 0.6) is 0 Å². The van der Waals surface area contributed by atoms with E-state index in [-0.39, 0.29) is 6.04 Å². The van der Waals surface area contributed by atoms with Gasteiger partial charge in [-0.2, -0.15) is 0 Å². The summed E-state index contributed by atoms with van der Waals surface area (Å²) in [6.07, 6.45) is 12.3. The highest BCUT2D eigenvalue weighted by Crippen LogP contribution is 2.68. The Kier molecular flexibility index (Phi) is 2.37. The molecule has 20 heavy (non-hydrogen) atoms. The van der Waals surface area contributed by atoms with Crippen LogP contribution in [0, 0.1) is 16.7 Å². The Morgan fingerprint density at radius 3 is 2.40 bits per heavy atom. The van der Waals surface area contributed by atoms with E-state index in [9.17, 15) is 0 Å². The lowest BCUT2D eigenvalue weighted by atomic mass is 9.42. The van der Waals surface area contributed by atoms with Crippen LogP contribution in [-0.2, 0) is 5.54 Å². The molecule has 1 aromatic heterocycles. The quantitative estimate of drug-likeness (QED) is 0.894. The van der Waals surface area contributed by atoms with Crippen LogP contribution in [0.2, 0.25) is 0 Å². The first-order valence-electron chi connectivity index (χ1n) is 8.12. The number of aromatic nitrogens is 2. The third-order valence-electron chi connectivity index (χ3n) is 6.24. The molecule has 4 bridgehead atoms. The zero-order valence-corrected chi connectivity index (χ0v) is 13.0. The Morgan fingerprint density at radius 2 is 1.85 bits per heavy atom. The number of rotatable bonds is 2. The van der Waals surface area contributed by atoms with Crippen molar-refractivity contribution in [3.05, 3.63) is 18.2 Å². The summed E-state index contributed by atoms with van der Waals surface area (Å²) in [4.78, 5) is 4.43. The predicted octanol–water partition coefficient (Wildman–Crippen LogP) is 3.61. The van der Waals surface area contributed by atoms with Crippen LogP contribution in [0.1, 0.15) is 71.0 Å². The Morgan fingerprint density at radius 1 is 1.20 bits per heavy atom. The van der Waals surface area contributed by atoms with Crippen LogP contribution in [-0.4, -0.2) is 9.55 Å². The van der Waals surface area contributed by atoms with E-state index in [0.717, 1.165) is 5.92 Å². The zero-order chi connectivity index (χ0) is 14.2. The molecule has 4 aliphatic rings. The number of imidazole rings is 1. The van der Waals surface area contributed by atoms with Gasteiger partial charge in [0.05, 0.1) is 12.0 Å². The molecule has 2 N–H and O–H groups in total. The van der Waals surface area contributed by atoms with Crippen molar-refractivity contribution >= 4 is 0 Å². The molecule has 4 saturated carbocycles. The van der Waals surface area contributed by atoms with Gasteiger partial charge in [0.25, 0.3) is 0 Å². The maximum atomic E-state index is 6.18. The highest BCUT2D eigenvalue weighted by Gasteiger charge is 2.61. The summed E-state index contributed by atoms with van der Waals surface area (Å²) in [5.41, 5.74) is 8.77. The molecule has 3 atom stereocenters. The summed E-state index contributed by atoms with van der Waals surface area (Å²) in [5.74, 6) is 0.907. The molecule has 3 nitrogen and oxygen atoms in total. The fourth-order valence-corrected chi connectivity index (χ4v) is 6.69. The lowest BCUT2D eigenvalue weighted by Gasteiger charge is -2.65. The SMILES string of the molecule is C[C@@H](N)c1cncn1C12CC3CC(C)(CC(C)(C3)C1)C2. The van der Waals surface area contributed by atoms with Crippen molar-refractivity contribution in [2.45, 2.75) is 70.9 Å². The highest BCUT2D eigenvalue weighted by atomic mass is 15.1. The van der Waals surface area contributed by atoms with E-state index < -0.39 is 0 Å². The van der Waals surface area contributed by atoms with Crippen molar-refractivity contribution in [3.63, 3.8) is 0 Å². The van der Waals surface area contributed by atoms with Gasteiger partial charge < -0.3 is 10.3 Å². The van der Waals surface area contributed by atoms with Crippen LogP contribution >= 0.6 is 0 Å². The molecular weight excluding hydrogens is 246 g/mol. The molecule has 2 unspecified atom stereocenters. The molecule has 0 spiro atoms. The van der Waals surface area contributed by atoms with Crippen LogP contribution in [0.3, 0.4) is 0 Å². The molecule has 4 fully saturated rings. The summed E-state index contributed by atoms with van der Waals surface area (Å²) in [6.45, 7) is 7.12. The first-order valence-corrected chi connectivity index (χ1v) is 8.12. The van der Waals surface area contributed by atoms with Crippen LogP contribution in [0.25, 0.3) is 0 Å². The summed E-state index contributed by atoms with van der Waals surface area (Å²) < 4.78 is 2.47. The Hall–Kier alpha value is -0.830. The van der Waals surface area contributed by atoms with Crippen LogP contribution in [0.4, 0.5) is 0 Å².